The molecule has 0 bridgehead atoms. The summed E-state index contributed by atoms with van der Waals surface area (Å²) in [7, 11) is 0. The van der Waals surface area contributed by atoms with Gasteiger partial charge >= 0.3 is 0 Å². The molecule has 2 atom stereocenters. The van der Waals surface area contributed by atoms with E-state index in [4.69, 9.17) is 0 Å². The predicted molar refractivity (Wildman–Crippen MR) is 83.8 cm³/mol. The Bertz CT molecular complexity index is 553. The highest BCUT2D eigenvalue weighted by Gasteiger charge is 2.18. The van der Waals surface area contributed by atoms with E-state index in [1.165, 1.54) is 36.5 Å². The Hall–Kier alpha value is -1.38. The Kier molecular flexibility index (Phi) is 4.34. The minimum Gasteiger partial charge on any atom is -0.388 e. The average Bonchev–Trinajstić information content (AvgIpc) is 2.75. The van der Waals surface area contributed by atoms with Crippen LogP contribution in [0, 0.1) is 0 Å². The molecule has 0 radical (unpaired) electrons. The summed E-state index contributed by atoms with van der Waals surface area (Å²) < 4.78 is 0. The van der Waals surface area contributed by atoms with Crippen molar-refractivity contribution in [2.75, 3.05) is 6.54 Å². The van der Waals surface area contributed by atoms with Crippen LogP contribution in [0.2, 0.25) is 0 Å². The average molecular weight is 269 g/mol. The van der Waals surface area contributed by atoms with Crippen molar-refractivity contribution >= 4 is 10.8 Å². The molecule has 0 aliphatic carbocycles. The molecule has 2 aromatic carbocycles. The molecule has 3 rings (SSSR count). The molecular weight excluding hydrogens is 246 g/mol. The molecule has 0 saturated carbocycles. The third-order valence-corrected chi connectivity index (χ3v) is 4.35. The van der Waals surface area contributed by atoms with Crippen molar-refractivity contribution in [3.8, 4) is 0 Å². The lowest BCUT2D eigenvalue weighted by Crippen LogP contribution is -2.29. The largest absolute Gasteiger partial charge is 0.388 e. The zero-order valence-corrected chi connectivity index (χ0v) is 11.9. The maximum Gasteiger partial charge on any atom is 0.0810 e. The van der Waals surface area contributed by atoms with Crippen LogP contribution in [0.1, 0.15) is 43.8 Å². The summed E-state index contributed by atoms with van der Waals surface area (Å²) >= 11 is 0. The summed E-state index contributed by atoms with van der Waals surface area (Å²) in [4.78, 5) is 0. The summed E-state index contributed by atoms with van der Waals surface area (Å²) in [5.74, 6) is 0. The second-order valence-electron chi connectivity index (χ2n) is 5.82. The lowest BCUT2D eigenvalue weighted by atomic mass is 9.95. The van der Waals surface area contributed by atoms with Gasteiger partial charge in [0.15, 0.2) is 0 Å². The molecule has 106 valence electrons. The van der Waals surface area contributed by atoms with Crippen LogP contribution in [0.5, 0.6) is 0 Å². The quantitative estimate of drug-likeness (QED) is 0.888. The van der Waals surface area contributed by atoms with Crippen LogP contribution < -0.4 is 5.32 Å². The first-order chi connectivity index (χ1) is 9.84. The van der Waals surface area contributed by atoms with Crippen LogP contribution >= 0.6 is 0 Å². The van der Waals surface area contributed by atoms with Crippen molar-refractivity contribution in [1.82, 2.24) is 5.32 Å². The number of hydrogen-bond acceptors (Lipinski definition) is 2. The molecular formula is C18H23NO. The topological polar surface area (TPSA) is 32.3 Å². The molecule has 1 aliphatic rings. The lowest BCUT2D eigenvalue weighted by Gasteiger charge is -2.21. The van der Waals surface area contributed by atoms with E-state index in [9.17, 15) is 5.11 Å². The highest BCUT2D eigenvalue weighted by Crippen LogP contribution is 2.28. The van der Waals surface area contributed by atoms with Crippen LogP contribution in [-0.4, -0.2) is 17.7 Å². The van der Waals surface area contributed by atoms with Gasteiger partial charge in [0.05, 0.1) is 6.10 Å². The van der Waals surface area contributed by atoms with Crippen LogP contribution in [0.4, 0.5) is 0 Å². The SMILES string of the molecule is OC(CC1CCCCCN1)c1cccc2ccccc12. The van der Waals surface area contributed by atoms with E-state index < -0.39 is 0 Å². The van der Waals surface area contributed by atoms with E-state index in [2.05, 4.69) is 29.6 Å². The maximum absolute atomic E-state index is 10.6. The molecule has 0 amide bonds. The Morgan fingerprint density at radius 2 is 1.90 bits per heavy atom. The van der Waals surface area contributed by atoms with Crippen LogP contribution in [-0.2, 0) is 0 Å². The minimum atomic E-state index is -0.378. The minimum absolute atomic E-state index is 0.378. The fourth-order valence-corrected chi connectivity index (χ4v) is 3.24. The number of aliphatic hydroxyl groups is 1. The zero-order chi connectivity index (χ0) is 13.8. The molecule has 1 fully saturated rings. The van der Waals surface area contributed by atoms with Gasteiger partial charge in [-0.2, -0.15) is 0 Å². The molecule has 1 saturated heterocycles. The molecule has 2 unspecified atom stereocenters. The van der Waals surface area contributed by atoms with Crippen LogP contribution in [0.25, 0.3) is 10.8 Å². The fourth-order valence-electron chi connectivity index (χ4n) is 3.24. The number of benzene rings is 2. The Morgan fingerprint density at radius 3 is 2.85 bits per heavy atom. The van der Waals surface area contributed by atoms with Gasteiger partial charge < -0.3 is 10.4 Å². The van der Waals surface area contributed by atoms with E-state index >= 15 is 0 Å². The molecule has 1 heterocycles. The normalized spacial score (nSPS) is 21.6. The Labute approximate surface area is 120 Å². The van der Waals surface area contributed by atoms with Crippen LogP contribution in [0.3, 0.4) is 0 Å². The molecule has 20 heavy (non-hydrogen) atoms. The molecule has 2 nitrogen and oxygen atoms in total. The van der Waals surface area contributed by atoms with E-state index in [1.54, 1.807) is 0 Å². The summed E-state index contributed by atoms with van der Waals surface area (Å²) in [5, 5.41) is 16.6. The van der Waals surface area contributed by atoms with Gasteiger partial charge in [-0.3, -0.25) is 0 Å². The van der Waals surface area contributed by atoms with E-state index in [-0.39, 0.29) is 6.10 Å². The highest BCUT2D eigenvalue weighted by molar-refractivity contribution is 5.85. The van der Waals surface area contributed by atoms with Crippen molar-refractivity contribution in [2.24, 2.45) is 0 Å². The zero-order valence-electron chi connectivity index (χ0n) is 11.9. The first-order valence-corrected chi connectivity index (χ1v) is 7.74. The van der Waals surface area contributed by atoms with Gasteiger partial charge in [0, 0.05) is 6.04 Å². The fraction of sp³-hybridized carbons (Fsp3) is 0.444. The van der Waals surface area contributed by atoms with Crippen LogP contribution in [0.15, 0.2) is 42.5 Å². The standard InChI is InChI=1S/C18H23NO/c20-18(13-15-9-2-1-5-12-19-15)17-11-6-8-14-7-3-4-10-16(14)17/h3-4,6-8,10-11,15,18-20H,1-2,5,9,12-13H2. The smallest absolute Gasteiger partial charge is 0.0810 e. The van der Waals surface area contributed by atoms with Crippen molar-refractivity contribution in [3.05, 3.63) is 48.0 Å². The number of rotatable bonds is 3. The van der Waals surface area contributed by atoms with Crippen molar-refractivity contribution in [2.45, 2.75) is 44.2 Å². The first-order valence-electron chi connectivity index (χ1n) is 7.74. The van der Waals surface area contributed by atoms with Gasteiger partial charge in [0.1, 0.15) is 0 Å². The second-order valence-corrected chi connectivity index (χ2v) is 5.82. The van der Waals surface area contributed by atoms with Gasteiger partial charge in [0.25, 0.3) is 0 Å². The van der Waals surface area contributed by atoms with Crippen molar-refractivity contribution in [1.29, 1.82) is 0 Å². The summed E-state index contributed by atoms with van der Waals surface area (Å²) in [6.45, 7) is 1.09. The lowest BCUT2D eigenvalue weighted by molar-refractivity contribution is 0.151. The van der Waals surface area contributed by atoms with Gasteiger partial charge in [-0.15, -0.1) is 0 Å². The number of hydrogen-bond donors (Lipinski definition) is 2. The van der Waals surface area contributed by atoms with Gasteiger partial charge in [-0.05, 0) is 42.1 Å². The highest BCUT2D eigenvalue weighted by atomic mass is 16.3. The predicted octanol–water partition coefficient (Wildman–Crippen LogP) is 3.80. The molecule has 2 heteroatoms. The second kappa shape index (κ2) is 6.38. The first kappa shape index (κ1) is 13.6. The molecule has 0 spiro atoms. The number of aliphatic hydroxyl groups excluding tert-OH is 1. The molecule has 1 aliphatic heterocycles. The van der Waals surface area contributed by atoms with E-state index in [1.807, 2.05) is 18.2 Å². The summed E-state index contributed by atoms with van der Waals surface area (Å²) in [6, 6.07) is 15.0. The van der Waals surface area contributed by atoms with Crippen molar-refractivity contribution < 1.29 is 5.11 Å². The Morgan fingerprint density at radius 1 is 1.05 bits per heavy atom. The number of fused-ring (bicyclic) bond motifs is 1. The third kappa shape index (κ3) is 3.02. The van der Waals surface area contributed by atoms with Gasteiger partial charge in [-0.1, -0.05) is 55.3 Å². The third-order valence-electron chi connectivity index (χ3n) is 4.35. The van der Waals surface area contributed by atoms with Gasteiger partial charge in [-0.25, -0.2) is 0 Å². The maximum atomic E-state index is 10.6. The molecule has 2 aromatic rings. The summed E-state index contributed by atoms with van der Waals surface area (Å²) in [6.07, 6.45) is 5.47. The summed E-state index contributed by atoms with van der Waals surface area (Å²) in [5.41, 5.74) is 1.06. The molecule has 2 N–H and O–H groups in total. The van der Waals surface area contributed by atoms with E-state index in [0.29, 0.717) is 6.04 Å². The number of nitrogens with one attached hydrogen (secondary N) is 1. The van der Waals surface area contributed by atoms with Gasteiger partial charge in [0.2, 0.25) is 0 Å². The van der Waals surface area contributed by atoms with Crippen molar-refractivity contribution in [3.63, 3.8) is 0 Å². The molecule has 0 aromatic heterocycles. The Balaban J connectivity index is 1.79. The monoisotopic (exact) mass is 269 g/mol. The van der Waals surface area contributed by atoms with E-state index in [0.717, 1.165) is 18.5 Å².